The van der Waals surface area contributed by atoms with Crippen LogP contribution in [0.25, 0.3) is 0 Å². The van der Waals surface area contributed by atoms with Gasteiger partial charge in [-0.3, -0.25) is 14.6 Å². The quantitative estimate of drug-likeness (QED) is 0.773. The summed E-state index contributed by atoms with van der Waals surface area (Å²) in [6, 6.07) is 10.1. The molecule has 4 rings (SSSR count). The van der Waals surface area contributed by atoms with Crippen molar-refractivity contribution in [1.82, 2.24) is 24.3 Å². The monoisotopic (exact) mass is 367 g/mol. The Labute approximate surface area is 159 Å². The van der Waals surface area contributed by atoms with Crippen molar-refractivity contribution in [1.29, 1.82) is 0 Å². The molecule has 3 amide bonds. The zero-order valence-corrected chi connectivity index (χ0v) is 15.8. The van der Waals surface area contributed by atoms with E-state index >= 15 is 0 Å². The van der Waals surface area contributed by atoms with Gasteiger partial charge in [-0.25, -0.2) is 9.78 Å². The van der Waals surface area contributed by atoms with Crippen LogP contribution >= 0.6 is 0 Å². The molecule has 2 aromatic rings. The van der Waals surface area contributed by atoms with Gasteiger partial charge in [0.25, 0.3) is 5.91 Å². The number of hydrogen-bond acceptors (Lipinski definition) is 4. The SMILES string of the molecule is CN1C(=O)N(C)C2(CCN(Cc3cncn3Cc3ccccc3)CC2)C1=O. The fourth-order valence-corrected chi connectivity index (χ4v) is 4.21. The third-order valence-corrected chi connectivity index (χ3v) is 5.98. The van der Waals surface area contributed by atoms with Gasteiger partial charge in [0.05, 0.1) is 12.0 Å². The summed E-state index contributed by atoms with van der Waals surface area (Å²) in [5, 5.41) is 0. The molecule has 2 fully saturated rings. The number of nitrogens with zero attached hydrogens (tertiary/aromatic N) is 5. The predicted molar refractivity (Wildman–Crippen MR) is 101 cm³/mol. The van der Waals surface area contributed by atoms with E-state index in [1.807, 2.05) is 30.7 Å². The molecule has 1 aromatic carbocycles. The molecule has 2 saturated heterocycles. The van der Waals surface area contributed by atoms with Gasteiger partial charge in [0.2, 0.25) is 0 Å². The van der Waals surface area contributed by atoms with Crippen molar-refractivity contribution in [2.75, 3.05) is 27.2 Å². The van der Waals surface area contributed by atoms with E-state index in [-0.39, 0.29) is 11.9 Å². The molecule has 0 N–H and O–H groups in total. The van der Waals surface area contributed by atoms with Crippen LogP contribution in [-0.4, -0.2) is 68.9 Å². The fourth-order valence-electron chi connectivity index (χ4n) is 4.21. The van der Waals surface area contributed by atoms with Crippen LogP contribution in [0.5, 0.6) is 0 Å². The number of benzene rings is 1. The lowest BCUT2D eigenvalue weighted by molar-refractivity contribution is -0.134. The second-order valence-electron chi connectivity index (χ2n) is 7.51. The van der Waals surface area contributed by atoms with Crippen molar-refractivity contribution in [3.63, 3.8) is 0 Å². The zero-order chi connectivity index (χ0) is 19.0. The van der Waals surface area contributed by atoms with Crippen molar-refractivity contribution in [2.24, 2.45) is 0 Å². The normalized spacial score (nSPS) is 20.1. The van der Waals surface area contributed by atoms with Gasteiger partial charge in [0.15, 0.2) is 0 Å². The van der Waals surface area contributed by atoms with Crippen molar-refractivity contribution in [3.8, 4) is 0 Å². The van der Waals surface area contributed by atoms with Crippen LogP contribution in [-0.2, 0) is 17.9 Å². The first-order valence-corrected chi connectivity index (χ1v) is 9.32. The van der Waals surface area contributed by atoms with Crippen LogP contribution in [0.4, 0.5) is 4.79 Å². The number of aromatic nitrogens is 2. The first-order valence-electron chi connectivity index (χ1n) is 9.32. The molecule has 7 heteroatoms. The second-order valence-corrected chi connectivity index (χ2v) is 7.51. The molecule has 2 aliphatic rings. The highest BCUT2D eigenvalue weighted by molar-refractivity contribution is 6.06. The number of rotatable bonds is 4. The number of piperidine rings is 1. The first kappa shape index (κ1) is 17.7. The van der Waals surface area contributed by atoms with E-state index in [0.29, 0.717) is 12.8 Å². The summed E-state index contributed by atoms with van der Waals surface area (Å²) in [6.07, 6.45) is 5.13. The van der Waals surface area contributed by atoms with Gasteiger partial charge in [-0.15, -0.1) is 0 Å². The Kier molecular flexibility index (Phi) is 4.47. The molecule has 2 aliphatic heterocycles. The summed E-state index contributed by atoms with van der Waals surface area (Å²) >= 11 is 0. The molecule has 0 saturated carbocycles. The Bertz CT molecular complexity index is 839. The number of imide groups is 1. The van der Waals surface area contributed by atoms with Crippen LogP contribution < -0.4 is 0 Å². The number of imidazole rings is 1. The Hall–Kier alpha value is -2.67. The first-order chi connectivity index (χ1) is 13.0. The zero-order valence-electron chi connectivity index (χ0n) is 15.8. The highest BCUT2D eigenvalue weighted by Gasteiger charge is 2.55. The third-order valence-electron chi connectivity index (χ3n) is 5.98. The van der Waals surface area contributed by atoms with Crippen molar-refractivity contribution >= 4 is 11.9 Å². The lowest BCUT2D eigenvalue weighted by atomic mass is 9.86. The summed E-state index contributed by atoms with van der Waals surface area (Å²) in [5.74, 6) is -0.0660. The van der Waals surface area contributed by atoms with Crippen molar-refractivity contribution < 1.29 is 9.59 Å². The number of carbonyl (C=O) groups is 2. The van der Waals surface area contributed by atoms with Crippen LogP contribution in [0.2, 0.25) is 0 Å². The predicted octanol–water partition coefficient (Wildman–Crippen LogP) is 1.79. The second kappa shape index (κ2) is 6.81. The fraction of sp³-hybridized carbons (Fsp3) is 0.450. The highest BCUT2D eigenvalue weighted by Crippen LogP contribution is 2.35. The number of likely N-dealkylation sites (N-methyl/N-ethyl adjacent to an activating group) is 2. The minimum absolute atomic E-state index is 0.0660. The molecule has 142 valence electrons. The lowest BCUT2D eigenvalue weighted by Crippen LogP contribution is -2.55. The Morgan fingerprint density at radius 1 is 1.04 bits per heavy atom. The molecule has 1 spiro atoms. The lowest BCUT2D eigenvalue weighted by Gasteiger charge is -2.40. The molecule has 0 atom stereocenters. The smallest absolute Gasteiger partial charge is 0.327 e. The summed E-state index contributed by atoms with van der Waals surface area (Å²) in [7, 11) is 3.32. The standard InChI is InChI=1S/C20H25N5O2/c1-22-18(26)20(23(2)19(22)27)8-10-24(11-9-20)14-17-12-21-15-25(17)13-16-6-4-3-5-7-16/h3-7,12,15H,8-11,13-14H2,1-2H3. The van der Waals surface area contributed by atoms with E-state index in [1.54, 1.807) is 19.0 Å². The Morgan fingerprint density at radius 3 is 2.37 bits per heavy atom. The molecule has 0 radical (unpaired) electrons. The number of hydrogen-bond donors (Lipinski definition) is 0. The molecule has 0 bridgehead atoms. The average Bonchev–Trinajstić information content (AvgIpc) is 3.18. The maximum absolute atomic E-state index is 12.6. The molecule has 0 aliphatic carbocycles. The van der Waals surface area contributed by atoms with Crippen LogP contribution in [0.1, 0.15) is 24.1 Å². The maximum Gasteiger partial charge on any atom is 0.327 e. The van der Waals surface area contributed by atoms with E-state index in [2.05, 4.69) is 26.6 Å². The van der Waals surface area contributed by atoms with Gasteiger partial charge in [0.1, 0.15) is 5.54 Å². The van der Waals surface area contributed by atoms with Crippen molar-refractivity contribution in [2.45, 2.75) is 31.5 Å². The molecule has 3 heterocycles. The molecular formula is C20H25N5O2. The van der Waals surface area contributed by atoms with E-state index in [1.165, 1.54) is 10.5 Å². The molecule has 0 unspecified atom stereocenters. The number of likely N-dealkylation sites (tertiary alicyclic amines) is 1. The number of amides is 3. The minimum atomic E-state index is -0.660. The van der Waals surface area contributed by atoms with Gasteiger partial charge >= 0.3 is 6.03 Å². The maximum atomic E-state index is 12.6. The molecule has 27 heavy (non-hydrogen) atoms. The van der Waals surface area contributed by atoms with E-state index < -0.39 is 5.54 Å². The van der Waals surface area contributed by atoms with E-state index in [4.69, 9.17) is 0 Å². The van der Waals surface area contributed by atoms with Gasteiger partial charge < -0.3 is 9.47 Å². The van der Waals surface area contributed by atoms with Crippen molar-refractivity contribution in [3.05, 3.63) is 54.1 Å². The number of urea groups is 1. The Morgan fingerprint density at radius 2 is 1.74 bits per heavy atom. The summed E-state index contributed by atoms with van der Waals surface area (Å²) in [6.45, 7) is 3.17. The summed E-state index contributed by atoms with van der Waals surface area (Å²) < 4.78 is 2.17. The molecule has 7 nitrogen and oxygen atoms in total. The topological polar surface area (TPSA) is 61.7 Å². The highest BCUT2D eigenvalue weighted by atomic mass is 16.2. The minimum Gasteiger partial charge on any atom is -0.329 e. The molecule has 1 aromatic heterocycles. The van der Waals surface area contributed by atoms with Gasteiger partial charge in [0, 0.05) is 46.5 Å². The summed E-state index contributed by atoms with van der Waals surface area (Å²) in [5.41, 5.74) is 1.75. The third kappa shape index (κ3) is 3.02. The van der Waals surface area contributed by atoms with Gasteiger partial charge in [-0.2, -0.15) is 0 Å². The Balaban J connectivity index is 1.42. The van der Waals surface area contributed by atoms with Gasteiger partial charge in [-0.1, -0.05) is 30.3 Å². The number of carbonyl (C=O) groups excluding carboxylic acids is 2. The van der Waals surface area contributed by atoms with Crippen LogP contribution in [0.15, 0.2) is 42.9 Å². The molecular weight excluding hydrogens is 342 g/mol. The largest absolute Gasteiger partial charge is 0.329 e. The van der Waals surface area contributed by atoms with E-state index in [0.717, 1.165) is 31.9 Å². The summed E-state index contributed by atoms with van der Waals surface area (Å²) in [4.78, 5) is 34.3. The van der Waals surface area contributed by atoms with Gasteiger partial charge in [-0.05, 0) is 18.4 Å². The van der Waals surface area contributed by atoms with E-state index in [9.17, 15) is 9.59 Å². The average molecular weight is 367 g/mol. The van der Waals surface area contributed by atoms with Crippen LogP contribution in [0, 0.1) is 0 Å². The van der Waals surface area contributed by atoms with Crippen LogP contribution in [0.3, 0.4) is 0 Å².